The third-order valence-electron chi connectivity index (χ3n) is 5.73. The Labute approximate surface area is 110 Å². The van der Waals surface area contributed by atoms with Crippen LogP contribution in [0.15, 0.2) is 23.0 Å². The average molecular weight is 247 g/mol. The van der Waals surface area contributed by atoms with Crippen LogP contribution >= 0.6 is 0 Å². The van der Waals surface area contributed by atoms with Gasteiger partial charge in [-0.15, -0.1) is 0 Å². The van der Waals surface area contributed by atoms with Crippen molar-refractivity contribution in [3.8, 4) is 0 Å². The summed E-state index contributed by atoms with van der Waals surface area (Å²) in [5, 5.41) is 3.88. The van der Waals surface area contributed by atoms with Crippen molar-refractivity contribution in [2.75, 3.05) is 0 Å². The highest BCUT2D eigenvalue weighted by Crippen LogP contribution is 2.62. The lowest BCUT2D eigenvalue weighted by Gasteiger charge is -2.44. The molecule has 1 N–H and O–H groups in total. The second kappa shape index (κ2) is 3.86. The van der Waals surface area contributed by atoms with Crippen LogP contribution in [0.1, 0.15) is 58.6 Å². The normalized spacial score (nSPS) is 39.1. The van der Waals surface area contributed by atoms with Gasteiger partial charge in [0.05, 0.1) is 12.5 Å². The van der Waals surface area contributed by atoms with Gasteiger partial charge in [0, 0.05) is 17.6 Å². The number of furan rings is 1. The molecule has 2 fully saturated rings. The molecule has 4 unspecified atom stereocenters. The SMILES string of the molecule is CC(NC1C2(C)CCC(C2)C1(C)C)c1ccoc1. The van der Waals surface area contributed by atoms with Gasteiger partial charge >= 0.3 is 0 Å². The van der Waals surface area contributed by atoms with Crippen molar-refractivity contribution in [3.63, 3.8) is 0 Å². The van der Waals surface area contributed by atoms with Crippen LogP contribution in [0.3, 0.4) is 0 Å². The van der Waals surface area contributed by atoms with Crippen LogP contribution in [0.2, 0.25) is 0 Å². The maximum absolute atomic E-state index is 5.20. The number of rotatable bonds is 3. The minimum Gasteiger partial charge on any atom is -0.472 e. The lowest BCUT2D eigenvalue weighted by Crippen LogP contribution is -2.50. The summed E-state index contributed by atoms with van der Waals surface area (Å²) >= 11 is 0. The molecule has 0 radical (unpaired) electrons. The second-order valence-electron chi connectivity index (χ2n) is 7.29. The highest BCUT2D eigenvalue weighted by molar-refractivity contribution is 5.16. The molecule has 1 aromatic rings. The van der Waals surface area contributed by atoms with E-state index in [4.69, 9.17) is 4.42 Å². The Balaban J connectivity index is 1.80. The molecule has 2 saturated carbocycles. The summed E-state index contributed by atoms with van der Waals surface area (Å²) in [6.45, 7) is 9.61. The molecule has 0 aromatic carbocycles. The van der Waals surface area contributed by atoms with Gasteiger partial charge < -0.3 is 9.73 Å². The van der Waals surface area contributed by atoms with Crippen LogP contribution in [0, 0.1) is 16.7 Å². The highest BCUT2D eigenvalue weighted by Gasteiger charge is 2.59. The zero-order valence-electron chi connectivity index (χ0n) is 12.0. The maximum Gasteiger partial charge on any atom is 0.0950 e. The summed E-state index contributed by atoms with van der Waals surface area (Å²) in [5.41, 5.74) is 2.18. The van der Waals surface area contributed by atoms with Crippen LogP contribution in [0.4, 0.5) is 0 Å². The van der Waals surface area contributed by atoms with Gasteiger partial charge in [-0.25, -0.2) is 0 Å². The first-order chi connectivity index (χ1) is 8.43. The highest BCUT2D eigenvalue weighted by atomic mass is 16.3. The van der Waals surface area contributed by atoms with Crippen molar-refractivity contribution >= 4 is 0 Å². The molecule has 1 aromatic heterocycles. The van der Waals surface area contributed by atoms with Crippen molar-refractivity contribution in [2.24, 2.45) is 16.7 Å². The minimum absolute atomic E-state index is 0.379. The smallest absolute Gasteiger partial charge is 0.0950 e. The van der Waals surface area contributed by atoms with E-state index >= 15 is 0 Å². The largest absolute Gasteiger partial charge is 0.472 e. The van der Waals surface area contributed by atoms with Crippen LogP contribution in [-0.4, -0.2) is 6.04 Å². The number of hydrogen-bond acceptors (Lipinski definition) is 2. The summed E-state index contributed by atoms with van der Waals surface area (Å²) in [5.74, 6) is 0.900. The Kier molecular flexibility index (Phi) is 2.64. The molecule has 2 heteroatoms. The van der Waals surface area contributed by atoms with Crippen LogP contribution in [-0.2, 0) is 0 Å². The lowest BCUT2D eigenvalue weighted by molar-refractivity contribution is 0.100. The summed E-state index contributed by atoms with van der Waals surface area (Å²) in [6.07, 6.45) is 7.83. The minimum atomic E-state index is 0.379. The first kappa shape index (κ1) is 12.3. The molecule has 0 amide bonds. The van der Waals surface area contributed by atoms with Crippen molar-refractivity contribution in [2.45, 2.75) is 59.0 Å². The zero-order valence-corrected chi connectivity index (χ0v) is 12.0. The molecule has 18 heavy (non-hydrogen) atoms. The molecule has 0 aliphatic heterocycles. The Bertz CT molecular complexity index is 418. The third-order valence-corrected chi connectivity index (χ3v) is 5.73. The maximum atomic E-state index is 5.20. The Hall–Kier alpha value is -0.760. The first-order valence-electron chi connectivity index (χ1n) is 7.22. The van der Waals surface area contributed by atoms with Gasteiger partial charge in [-0.05, 0) is 49.0 Å². The predicted molar refractivity (Wildman–Crippen MR) is 73.3 cm³/mol. The fraction of sp³-hybridized carbons (Fsp3) is 0.750. The van der Waals surface area contributed by atoms with Crippen LogP contribution < -0.4 is 5.32 Å². The Morgan fingerprint density at radius 3 is 2.72 bits per heavy atom. The van der Waals surface area contributed by atoms with E-state index in [1.807, 2.05) is 6.26 Å². The van der Waals surface area contributed by atoms with E-state index in [2.05, 4.69) is 39.1 Å². The van der Waals surface area contributed by atoms with E-state index in [1.54, 1.807) is 6.26 Å². The number of nitrogens with one attached hydrogen (secondary N) is 1. The van der Waals surface area contributed by atoms with Crippen LogP contribution in [0.25, 0.3) is 0 Å². The Morgan fingerprint density at radius 2 is 2.17 bits per heavy atom. The number of fused-ring (bicyclic) bond motifs is 2. The molecule has 1 heterocycles. The standard InChI is InChI=1S/C16H25NO/c1-11(12-6-8-18-10-12)17-14-15(2,3)13-5-7-16(14,4)9-13/h6,8,10-11,13-14,17H,5,7,9H2,1-4H3. The van der Waals surface area contributed by atoms with Crippen LogP contribution in [0.5, 0.6) is 0 Å². The summed E-state index contributed by atoms with van der Waals surface area (Å²) < 4.78 is 5.20. The third kappa shape index (κ3) is 1.65. The fourth-order valence-electron chi connectivity index (χ4n) is 4.59. The van der Waals surface area contributed by atoms with E-state index in [-0.39, 0.29) is 0 Å². The summed E-state index contributed by atoms with van der Waals surface area (Å²) in [7, 11) is 0. The summed E-state index contributed by atoms with van der Waals surface area (Å²) in [6, 6.07) is 3.07. The molecule has 4 atom stereocenters. The lowest BCUT2D eigenvalue weighted by atomic mass is 9.68. The van der Waals surface area contributed by atoms with Gasteiger partial charge in [-0.2, -0.15) is 0 Å². The van der Waals surface area contributed by atoms with E-state index in [9.17, 15) is 0 Å². The van der Waals surface area contributed by atoms with E-state index in [1.165, 1.54) is 24.8 Å². The first-order valence-corrected chi connectivity index (χ1v) is 7.22. The molecule has 0 saturated heterocycles. The monoisotopic (exact) mass is 247 g/mol. The predicted octanol–water partition coefficient (Wildman–Crippen LogP) is 4.15. The quantitative estimate of drug-likeness (QED) is 0.868. The summed E-state index contributed by atoms with van der Waals surface area (Å²) in [4.78, 5) is 0. The van der Waals surface area contributed by atoms with Gasteiger partial charge in [0.15, 0.2) is 0 Å². The average Bonchev–Trinajstić information content (AvgIpc) is 2.96. The molecule has 100 valence electrons. The van der Waals surface area contributed by atoms with Gasteiger partial charge in [0.1, 0.15) is 0 Å². The van der Waals surface area contributed by atoms with Crippen molar-refractivity contribution in [3.05, 3.63) is 24.2 Å². The Morgan fingerprint density at radius 1 is 1.39 bits per heavy atom. The van der Waals surface area contributed by atoms with E-state index in [0.717, 1.165) is 5.92 Å². The number of hydrogen-bond donors (Lipinski definition) is 1. The van der Waals surface area contributed by atoms with E-state index in [0.29, 0.717) is 22.9 Å². The molecule has 2 nitrogen and oxygen atoms in total. The van der Waals surface area contributed by atoms with Crippen molar-refractivity contribution < 1.29 is 4.42 Å². The van der Waals surface area contributed by atoms with Crippen molar-refractivity contribution in [1.29, 1.82) is 0 Å². The molecular weight excluding hydrogens is 222 g/mol. The van der Waals surface area contributed by atoms with E-state index < -0.39 is 0 Å². The van der Waals surface area contributed by atoms with Gasteiger partial charge in [0.2, 0.25) is 0 Å². The molecule has 3 rings (SSSR count). The molecule has 2 aliphatic carbocycles. The van der Waals surface area contributed by atoms with Gasteiger partial charge in [0.25, 0.3) is 0 Å². The molecule has 2 aliphatic rings. The van der Waals surface area contributed by atoms with Gasteiger partial charge in [-0.3, -0.25) is 0 Å². The fourth-order valence-corrected chi connectivity index (χ4v) is 4.59. The molecule has 0 spiro atoms. The molecular formula is C16H25NO. The topological polar surface area (TPSA) is 25.2 Å². The molecule has 2 bridgehead atoms. The van der Waals surface area contributed by atoms with Crippen molar-refractivity contribution in [1.82, 2.24) is 5.32 Å². The second-order valence-corrected chi connectivity index (χ2v) is 7.29. The zero-order chi connectivity index (χ0) is 13.0. The van der Waals surface area contributed by atoms with Gasteiger partial charge in [-0.1, -0.05) is 20.8 Å².